The zero-order valence-corrected chi connectivity index (χ0v) is 12.2. The first-order valence-corrected chi connectivity index (χ1v) is 7.44. The second kappa shape index (κ2) is 5.05. The van der Waals surface area contributed by atoms with E-state index in [9.17, 15) is 15.0 Å². The molecule has 0 atom stereocenters. The van der Waals surface area contributed by atoms with Gasteiger partial charge in [-0.3, -0.25) is 4.79 Å². The molecule has 23 heavy (non-hydrogen) atoms. The normalized spacial score (nSPS) is 19.2. The van der Waals surface area contributed by atoms with Crippen molar-refractivity contribution in [1.29, 1.82) is 0 Å². The molecule has 2 aromatic rings. The first-order chi connectivity index (χ1) is 11.1. The third-order valence-corrected chi connectivity index (χ3v) is 4.00. The number of aliphatic hydroxyl groups is 1. The van der Waals surface area contributed by atoms with E-state index in [-0.39, 0.29) is 11.6 Å². The zero-order chi connectivity index (χ0) is 16.0. The molecule has 2 aliphatic carbocycles. The number of nitrogens with zero attached hydrogens (tertiary/aromatic N) is 4. The van der Waals surface area contributed by atoms with Gasteiger partial charge in [-0.15, -0.1) is 0 Å². The molecule has 0 amide bonds. The molecule has 7 heteroatoms. The van der Waals surface area contributed by atoms with E-state index >= 15 is 0 Å². The van der Waals surface area contributed by atoms with Crippen LogP contribution in [-0.2, 0) is 17.6 Å². The number of imidazole rings is 1. The topological polar surface area (TPSA) is 101 Å². The predicted octanol–water partition coefficient (Wildman–Crippen LogP) is 1.67. The summed E-state index contributed by atoms with van der Waals surface area (Å²) in [5, 5.41) is 24.2. The molecular formula is C16H14N4O3. The Morgan fingerprint density at radius 3 is 2.65 bits per heavy atom. The van der Waals surface area contributed by atoms with Crippen LogP contribution in [0.1, 0.15) is 29.9 Å². The molecule has 2 aromatic heterocycles. The van der Waals surface area contributed by atoms with Gasteiger partial charge in [0, 0.05) is 0 Å². The predicted molar refractivity (Wildman–Crippen MR) is 81.9 cm³/mol. The van der Waals surface area contributed by atoms with E-state index in [2.05, 4.69) is 15.1 Å². The van der Waals surface area contributed by atoms with Gasteiger partial charge in [-0.25, -0.2) is 4.98 Å². The van der Waals surface area contributed by atoms with Crippen LogP contribution in [0.3, 0.4) is 0 Å². The summed E-state index contributed by atoms with van der Waals surface area (Å²) in [6.07, 6.45) is 9.69. The number of carbonyl (C=O) groups excluding carboxylic acids is 1. The van der Waals surface area contributed by atoms with Crippen LogP contribution >= 0.6 is 0 Å². The van der Waals surface area contributed by atoms with Crippen molar-refractivity contribution in [2.45, 2.75) is 25.7 Å². The van der Waals surface area contributed by atoms with E-state index in [1.807, 2.05) is 0 Å². The van der Waals surface area contributed by atoms with Crippen LogP contribution in [0.15, 0.2) is 29.6 Å². The summed E-state index contributed by atoms with van der Waals surface area (Å²) in [6, 6.07) is 0. The van der Waals surface area contributed by atoms with Crippen LogP contribution in [0, 0.1) is 0 Å². The smallest absolute Gasteiger partial charge is 0.254 e. The molecule has 0 fully saturated rings. The molecule has 0 bridgehead atoms. The molecule has 0 saturated heterocycles. The molecule has 0 radical (unpaired) electrons. The number of rotatable bonds is 1. The SMILES string of the molecule is O=C1C=C/C(=C/c2c(O)nc3nc4c(nn23)CCCC4)C=C1O. The van der Waals surface area contributed by atoms with Gasteiger partial charge in [-0.2, -0.15) is 14.6 Å². The number of carbonyl (C=O) groups is 1. The molecule has 0 unspecified atom stereocenters. The Hall–Kier alpha value is -2.96. The van der Waals surface area contributed by atoms with E-state index in [0.29, 0.717) is 17.0 Å². The molecule has 7 nitrogen and oxygen atoms in total. The third-order valence-electron chi connectivity index (χ3n) is 4.00. The van der Waals surface area contributed by atoms with Gasteiger partial charge in [-0.1, -0.05) is 6.08 Å². The van der Waals surface area contributed by atoms with Gasteiger partial charge in [0.15, 0.2) is 5.76 Å². The largest absolute Gasteiger partial charge is 0.504 e. The number of aromatic hydroxyl groups is 1. The zero-order valence-electron chi connectivity index (χ0n) is 12.2. The van der Waals surface area contributed by atoms with Crippen molar-refractivity contribution in [3.63, 3.8) is 0 Å². The lowest BCUT2D eigenvalue weighted by Gasteiger charge is -2.13. The first-order valence-electron chi connectivity index (χ1n) is 7.44. The molecular weight excluding hydrogens is 296 g/mol. The number of aliphatic hydroxyl groups excluding tert-OH is 1. The van der Waals surface area contributed by atoms with Crippen molar-refractivity contribution in [3.05, 3.63) is 46.6 Å². The summed E-state index contributed by atoms with van der Waals surface area (Å²) in [7, 11) is 0. The van der Waals surface area contributed by atoms with Gasteiger partial charge < -0.3 is 10.2 Å². The number of ketones is 1. The summed E-state index contributed by atoms with van der Waals surface area (Å²) >= 11 is 0. The van der Waals surface area contributed by atoms with Crippen LogP contribution in [0.4, 0.5) is 0 Å². The quantitative estimate of drug-likeness (QED) is 0.831. The Bertz CT molecular complexity index is 921. The van der Waals surface area contributed by atoms with Crippen LogP contribution in [-0.4, -0.2) is 35.6 Å². The maximum atomic E-state index is 11.3. The van der Waals surface area contributed by atoms with Crippen molar-refractivity contribution < 1.29 is 15.0 Å². The van der Waals surface area contributed by atoms with Crippen LogP contribution in [0.25, 0.3) is 11.9 Å². The Balaban J connectivity index is 1.85. The maximum Gasteiger partial charge on any atom is 0.254 e. The highest BCUT2D eigenvalue weighted by molar-refractivity contribution is 6.04. The molecule has 2 heterocycles. The summed E-state index contributed by atoms with van der Waals surface area (Å²) in [5.41, 5.74) is 2.81. The molecule has 2 aliphatic rings. The molecule has 0 spiro atoms. The number of aromatic nitrogens is 4. The minimum atomic E-state index is -0.446. The van der Waals surface area contributed by atoms with Crippen molar-refractivity contribution in [1.82, 2.24) is 19.6 Å². The highest BCUT2D eigenvalue weighted by Crippen LogP contribution is 2.24. The number of fused-ring (bicyclic) bond motifs is 2. The standard InChI is InChI=1S/C16H14N4O3/c21-13-6-5-9(8-14(13)22)7-12-15(23)18-16-17-10-3-1-2-4-11(10)19-20(12)16/h5-8,22-23H,1-4H2/b9-7-. The van der Waals surface area contributed by atoms with Gasteiger partial charge in [0.2, 0.25) is 11.7 Å². The third kappa shape index (κ3) is 2.30. The summed E-state index contributed by atoms with van der Waals surface area (Å²) in [6.45, 7) is 0. The Morgan fingerprint density at radius 2 is 1.87 bits per heavy atom. The lowest BCUT2D eigenvalue weighted by Crippen LogP contribution is -2.12. The van der Waals surface area contributed by atoms with Crippen molar-refractivity contribution in [3.8, 4) is 5.88 Å². The number of hydrogen-bond donors (Lipinski definition) is 2. The van der Waals surface area contributed by atoms with Crippen LogP contribution in [0.5, 0.6) is 5.88 Å². The molecule has 0 saturated carbocycles. The van der Waals surface area contributed by atoms with Gasteiger partial charge >= 0.3 is 0 Å². The van der Waals surface area contributed by atoms with Crippen molar-refractivity contribution >= 4 is 17.6 Å². The Morgan fingerprint density at radius 1 is 1.09 bits per heavy atom. The van der Waals surface area contributed by atoms with Gasteiger partial charge in [0.1, 0.15) is 5.69 Å². The first kappa shape index (κ1) is 13.7. The van der Waals surface area contributed by atoms with Crippen LogP contribution < -0.4 is 0 Å². The van der Waals surface area contributed by atoms with Crippen molar-refractivity contribution in [2.75, 3.05) is 0 Å². The lowest BCUT2D eigenvalue weighted by atomic mass is 10.0. The molecule has 116 valence electrons. The lowest BCUT2D eigenvalue weighted by molar-refractivity contribution is -0.113. The van der Waals surface area contributed by atoms with E-state index in [0.717, 1.165) is 37.1 Å². The van der Waals surface area contributed by atoms with Gasteiger partial charge in [-0.05, 0) is 49.5 Å². The maximum absolute atomic E-state index is 11.3. The summed E-state index contributed by atoms with van der Waals surface area (Å²) in [5.74, 6) is -0.619. The second-order valence-electron chi connectivity index (χ2n) is 5.62. The Kier molecular flexibility index (Phi) is 3.00. The van der Waals surface area contributed by atoms with Gasteiger partial charge in [0.25, 0.3) is 5.78 Å². The number of aryl methyl sites for hydroxylation is 2. The van der Waals surface area contributed by atoms with Gasteiger partial charge in [0.05, 0.1) is 11.4 Å². The van der Waals surface area contributed by atoms with E-state index in [4.69, 9.17) is 0 Å². The van der Waals surface area contributed by atoms with E-state index < -0.39 is 5.78 Å². The van der Waals surface area contributed by atoms with Crippen LogP contribution in [0.2, 0.25) is 0 Å². The minimum absolute atomic E-state index is 0.182. The van der Waals surface area contributed by atoms with E-state index in [1.54, 1.807) is 12.2 Å². The molecule has 0 aliphatic heterocycles. The monoisotopic (exact) mass is 310 g/mol. The highest BCUT2D eigenvalue weighted by atomic mass is 16.3. The fourth-order valence-corrected chi connectivity index (χ4v) is 2.82. The average Bonchev–Trinajstić information content (AvgIpc) is 2.84. The Labute approximate surface area is 131 Å². The highest BCUT2D eigenvalue weighted by Gasteiger charge is 2.19. The molecule has 4 rings (SSSR count). The number of allylic oxidation sites excluding steroid dienone is 4. The molecule has 2 N–H and O–H groups in total. The average molecular weight is 310 g/mol. The minimum Gasteiger partial charge on any atom is -0.504 e. The second-order valence-corrected chi connectivity index (χ2v) is 5.62. The van der Waals surface area contributed by atoms with E-state index in [1.165, 1.54) is 16.7 Å². The fourth-order valence-electron chi connectivity index (χ4n) is 2.82. The number of hydrogen-bond acceptors (Lipinski definition) is 6. The van der Waals surface area contributed by atoms with Crippen molar-refractivity contribution in [2.24, 2.45) is 0 Å². The summed E-state index contributed by atoms with van der Waals surface area (Å²) < 4.78 is 1.50. The molecule has 0 aromatic carbocycles. The fraction of sp³-hybridized carbons (Fsp3) is 0.250. The summed E-state index contributed by atoms with van der Waals surface area (Å²) in [4.78, 5) is 19.8.